The number of guanidine groups is 1. The van der Waals surface area contributed by atoms with Gasteiger partial charge in [0.05, 0.1) is 19.4 Å². The number of amides is 1. The monoisotopic (exact) mass is 568 g/mol. The van der Waals surface area contributed by atoms with Crippen molar-refractivity contribution in [1.29, 1.82) is 0 Å². The van der Waals surface area contributed by atoms with Gasteiger partial charge in [-0.3, -0.25) is 9.79 Å². The van der Waals surface area contributed by atoms with Crippen LogP contribution in [-0.4, -0.2) is 32.6 Å². The van der Waals surface area contributed by atoms with E-state index in [-0.39, 0.29) is 29.9 Å². The maximum atomic E-state index is 11.5. The number of aliphatic imine (C=N–C) groups is 1. The molecule has 2 aromatic rings. The molecule has 8 heteroatoms. The van der Waals surface area contributed by atoms with Crippen LogP contribution in [0.4, 0.5) is 5.69 Å². The molecule has 0 spiro atoms. The van der Waals surface area contributed by atoms with Gasteiger partial charge in [0.15, 0.2) is 5.96 Å². The van der Waals surface area contributed by atoms with Crippen LogP contribution in [0.1, 0.15) is 49.8 Å². The zero-order chi connectivity index (χ0) is 23.3. The maximum Gasteiger partial charge on any atom is 0.221 e. The van der Waals surface area contributed by atoms with Gasteiger partial charge >= 0.3 is 0 Å². The van der Waals surface area contributed by atoms with Gasteiger partial charge in [-0.2, -0.15) is 0 Å². The van der Waals surface area contributed by atoms with E-state index in [1.807, 2.05) is 18.2 Å². The summed E-state index contributed by atoms with van der Waals surface area (Å²) >= 11 is 0. The molecule has 1 amide bonds. The Morgan fingerprint density at radius 1 is 1.03 bits per heavy atom. The lowest BCUT2D eigenvalue weighted by Crippen LogP contribution is -2.36. The normalized spacial score (nSPS) is 10.8. The van der Waals surface area contributed by atoms with Gasteiger partial charge in [0.1, 0.15) is 11.5 Å². The van der Waals surface area contributed by atoms with Crippen molar-refractivity contribution in [3.05, 3.63) is 53.1 Å². The molecule has 33 heavy (non-hydrogen) atoms. The third-order valence-corrected chi connectivity index (χ3v) is 4.93. The predicted octanol–water partition coefficient (Wildman–Crippen LogP) is 5.01. The van der Waals surface area contributed by atoms with Gasteiger partial charge in [-0.1, -0.05) is 38.0 Å². The van der Waals surface area contributed by atoms with Crippen LogP contribution >= 0.6 is 24.0 Å². The molecule has 0 heterocycles. The van der Waals surface area contributed by atoms with Gasteiger partial charge in [0.2, 0.25) is 5.91 Å². The summed E-state index contributed by atoms with van der Waals surface area (Å²) in [4.78, 5) is 15.8. The fraction of sp³-hybridized carbons (Fsp3) is 0.440. The Hall–Kier alpha value is -2.49. The standard InChI is InChI=1S/C25H36N4O3.HI/c1-6-7-8-13-32-24-14-18(2)9-11-21(24)17-28-25(26-4)27-16-20-10-12-23(31-5)22(15-20)29-19(3)30;/h9-12,14-15H,6-8,13,16-17H2,1-5H3,(H,29,30)(H2,26,27,28);1H. The first kappa shape index (κ1) is 28.5. The third kappa shape index (κ3) is 9.89. The number of hydrogen-bond donors (Lipinski definition) is 3. The second-order valence-electron chi connectivity index (χ2n) is 7.66. The van der Waals surface area contributed by atoms with Crippen LogP contribution < -0.4 is 25.4 Å². The minimum atomic E-state index is -0.142. The van der Waals surface area contributed by atoms with E-state index in [1.165, 1.54) is 25.3 Å². The van der Waals surface area contributed by atoms with E-state index >= 15 is 0 Å². The highest BCUT2D eigenvalue weighted by Gasteiger charge is 2.08. The van der Waals surface area contributed by atoms with Crippen LogP contribution in [0.2, 0.25) is 0 Å². The first-order valence-corrected chi connectivity index (χ1v) is 11.1. The summed E-state index contributed by atoms with van der Waals surface area (Å²) in [5, 5.41) is 9.46. The molecule has 0 aliphatic carbocycles. The van der Waals surface area contributed by atoms with E-state index < -0.39 is 0 Å². The number of unbranched alkanes of at least 4 members (excludes halogenated alkanes) is 2. The maximum absolute atomic E-state index is 11.5. The van der Waals surface area contributed by atoms with Crippen molar-refractivity contribution in [2.24, 2.45) is 4.99 Å². The van der Waals surface area contributed by atoms with Gasteiger partial charge < -0.3 is 25.4 Å². The molecule has 3 N–H and O–H groups in total. The molecule has 2 rings (SSSR count). The third-order valence-electron chi connectivity index (χ3n) is 4.93. The second kappa shape index (κ2) is 15.4. The van der Waals surface area contributed by atoms with Crippen molar-refractivity contribution >= 4 is 41.5 Å². The van der Waals surface area contributed by atoms with Crippen LogP contribution in [0, 0.1) is 6.92 Å². The Kier molecular flexibility index (Phi) is 13.3. The summed E-state index contributed by atoms with van der Waals surface area (Å²) < 4.78 is 11.3. The lowest BCUT2D eigenvalue weighted by molar-refractivity contribution is -0.114. The van der Waals surface area contributed by atoms with E-state index in [1.54, 1.807) is 14.2 Å². The van der Waals surface area contributed by atoms with Gasteiger partial charge in [0.25, 0.3) is 0 Å². The van der Waals surface area contributed by atoms with E-state index in [0.717, 1.165) is 29.9 Å². The van der Waals surface area contributed by atoms with E-state index in [2.05, 4.69) is 53.0 Å². The molecule has 7 nitrogen and oxygen atoms in total. The largest absolute Gasteiger partial charge is 0.495 e. The Balaban J connectivity index is 0.00000544. The van der Waals surface area contributed by atoms with Crippen LogP contribution in [0.3, 0.4) is 0 Å². The summed E-state index contributed by atoms with van der Waals surface area (Å²) in [6.07, 6.45) is 3.40. The highest BCUT2D eigenvalue weighted by Crippen LogP contribution is 2.25. The number of aryl methyl sites for hydroxylation is 1. The Morgan fingerprint density at radius 2 is 1.79 bits per heavy atom. The van der Waals surface area contributed by atoms with Crippen molar-refractivity contribution in [3.63, 3.8) is 0 Å². The minimum Gasteiger partial charge on any atom is -0.495 e. The number of anilines is 1. The molecule has 0 fully saturated rings. The Labute approximate surface area is 214 Å². The van der Waals surface area contributed by atoms with Crippen LogP contribution in [0.25, 0.3) is 0 Å². The van der Waals surface area contributed by atoms with Crippen molar-refractivity contribution < 1.29 is 14.3 Å². The number of halogens is 1. The highest BCUT2D eigenvalue weighted by molar-refractivity contribution is 14.0. The molecule has 0 aliphatic heterocycles. The van der Waals surface area contributed by atoms with Crippen molar-refractivity contribution in [2.75, 3.05) is 26.1 Å². The number of carbonyl (C=O) groups is 1. The molecule has 0 aromatic heterocycles. The summed E-state index contributed by atoms with van der Waals surface area (Å²) in [5.74, 6) is 2.08. The first-order valence-electron chi connectivity index (χ1n) is 11.1. The fourth-order valence-corrected chi connectivity index (χ4v) is 3.21. The number of benzene rings is 2. The predicted molar refractivity (Wildman–Crippen MR) is 146 cm³/mol. The number of ether oxygens (including phenoxy) is 2. The molecule has 0 radical (unpaired) electrons. The summed E-state index contributed by atoms with van der Waals surface area (Å²) in [6, 6.07) is 11.9. The number of nitrogens with one attached hydrogen (secondary N) is 3. The fourth-order valence-electron chi connectivity index (χ4n) is 3.21. The lowest BCUT2D eigenvalue weighted by Gasteiger charge is -2.16. The number of nitrogens with zero attached hydrogens (tertiary/aromatic N) is 1. The van der Waals surface area contributed by atoms with Gasteiger partial charge in [-0.05, 0) is 42.7 Å². The van der Waals surface area contributed by atoms with E-state index in [0.29, 0.717) is 30.5 Å². The van der Waals surface area contributed by atoms with Crippen molar-refractivity contribution in [1.82, 2.24) is 10.6 Å². The average molecular weight is 569 g/mol. The minimum absolute atomic E-state index is 0. The first-order chi connectivity index (χ1) is 15.5. The molecular weight excluding hydrogens is 531 g/mol. The summed E-state index contributed by atoms with van der Waals surface area (Å²) in [7, 11) is 3.32. The Morgan fingerprint density at radius 3 is 2.45 bits per heavy atom. The van der Waals surface area contributed by atoms with Crippen molar-refractivity contribution in [3.8, 4) is 11.5 Å². The molecule has 0 bridgehead atoms. The molecule has 0 saturated heterocycles. The van der Waals surface area contributed by atoms with Crippen molar-refractivity contribution in [2.45, 2.75) is 53.1 Å². The smallest absolute Gasteiger partial charge is 0.221 e. The quantitative estimate of drug-likeness (QED) is 0.154. The number of carbonyl (C=O) groups excluding carboxylic acids is 1. The van der Waals surface area contributed by atoms with Gasteiger partial charge in [-0.25, -0.2) is 0 Å². The van der Waals surface area contributed by atoms with Gasteiger partial charge in [-0.15, -0.1) is 24.0 Å². The molecule has 0 atom stereocenters. The van der Waals surface area contributed by atoms with Crippen LogP contribution in [0.5, 0.6) is 11.5 Å². The van der Waals surface area contributed by atoms with Gasteiger partial charge in [0, 0.05) is 32.6 Å². The molecular formula is C25H37IN4O3. The highest BCUT2D eigenvalue weighted by atomic mass is 127. The summed E-state index contributed by atoms with van der Waals surface area (Å²) in [5.41, 5.74) is 3.91. The SMILES string of the molecule is CCCCCOc1cc(C)ccc1CNC(=NC)NCc1ccc(OC)c(NC(C)=O)c1.I. The van der Waals surface area contributed by atoms with Crippen LogP contribution in [0.15, 0.2) is 41.4 Å². The second-order valence-corrected chi connectivity index (χ2v) is 7.66. The van der Waals surface area contributed by atoms with E-state index in [9.17, 15) is 4.79 Å². The number of rotatable bonds is 11. The zero-order valence-electron chi connectivity index (χ0n) is 20.3. The summed E-state index contributed by atoms with van der Waals surface area (Å²) in [6.45, 7) is 7.61. The Bertz CT molecular complexity index is 919. The molecule has 182 valence electrons. The molecule has 0 unspecified atom stereocenters. The topological polar surface area (TPSA) is 84.0 Å². The van der Waals surface area contributed by atoms with Crippen LogP contribution in [-0.2, 0) is 17.9 Å². The molecule has 2 aromatic carbocycles. The zero-order valence-corrected chi connectivity index (χ0v) is 22.6. The number of hydrogen-bond acceptors (Lipinski definition) is 4. The average Bonchev–Trinajstić information content (AvgIpc) is 2.77. The number of methoxy groups -OCH3 is 1. The molecule has 0 aliphatic rings. The lowest BCUT2D eigenvalue weighted by atomic mass is 10.1. The van der Waals surface area contributed by atoms with E-state index in [4.69, 9.17) is 9.47 Å². The molecule has 0 saturated carbocycles.